The lowest BCUT2D eigenvalue weighted by Gasteiger charge is -2.24. The third-order valence-electron chi connectivity index (χ3n) is 4.47. The second-order valence-electron chi connectivity index (χ2n) is 7.04. The van der Waals surface area contributed by atoms with Crippen molar-refractivity contribution in [2.24, 2.45) is 5.92 Å². The van der Waals surface area contributed by atoms with Crippen LogP contribution in [0.5, 0.6) is 11.5 Å². The van der Waals surface area contributed by atoms with E-state index in [4.69, 9.17) is 9.47 Å². The maximum absolute atomic E-state index is 12.7. The van der Waals surface area contributed by atoms with Crippen molar-refractivity contribution in [3.8, 4) is 11.5 Å². The van der Waals surface area contributed by atoms with Crippen molar-refractivity contribution in [2.45, 2.75) is 39.3 Å². The Labute approximate surface area is 174 Å². The minimum absolute atomic E-state index is 0. The number of carbonyl (C=O) groups excluding carboxylic acids is 1. The normalized spacial score (nSPS) is 12.5. The van der Waals surface area contributed by atoms with Gasteiger partial charge in [-0.1, -0.05) is 44.2 Å². The first-order chi connectivity index (χ1) is 12.9. The second-order valence-corrected chi connectivity index (χ2v) is 7.04. The van der Waals surface area contributed by atoms with E-state index >= 15 is 0 Å². The summed E-state index contributed by atoms with van der Waals surface area (Å²) in [5, 5.41) is 6.12. The minimum atomic E-state index is -0.231. The Kier molecular flexibility index (Phi) is 9.66. The largest absolute Gasteiger partial charge is 0.497 e. The molecule has 2 N–H and O–H groups in total. The summed E-state index contributed by atoms with van der Waals surface area (Å²) in [6, 6.07) is 15.1. The molecule has 0 aliphatic heterocycles. The first kappa shape index (κ1) is 23.6. The number of hydrogen-bond acceptors (Lipinski definition) is 3. The first-order valence-corrected chi connectivity index (χ1v) is 9.28. The molecule has 0 aliphatic rings. The zero-order valence-corrected chi connectivity index (χ0v) is 18.0. The van der Waals surface area contributed by atoms with Crippen LogP contribution in [0.4, 0.5) is 4.79 Å². The molecule has 2 aromatic rings. The maximum atomic E-state index is 12.7. The molecule has 2 aromatic carbocycles. The van der Waals surface area contributed by atoms with Crippen molar-refractivity contribution in [2.75, 3.05) is 14.2 Å². The lowest BCUT2D eigenvalue weighted by atomic mass is 9.97. The number of hydrogen-bond donors (Lipinski definition) is 2. The number of amides is 2. The molecule has 28 heavy (non-hydrogen) atoms. The first-order valence-electron chi connectivity index (χ1n) is 9.28. The van der Waals surface area contributed by atoms with Crippen molar-refractivity contribution in [3.05, 3.63) is 59.7 Å². The van der Waals surface area contributed by atoms with Gasteiger partial charge in [0, 0.05) is 5.56 Å². The summed E-state index contributed by atoms with van der Waals surface area (Å²) in [5.74, 6) is 1.90. The van der Waals surface area contributed by atoms with Gasteiger partial charge >= 0.3 is 6.03 Å². The molecule has 0 saturated carbocycles. The van der Waals surface area contributed by atoms with E-state index in [-0.39, 0.29) is 30.5 Å². The SMILES string of the molecule is COc1ccc(OC)c(C(C)NC(=O)NC(CC(C)C)c2ccccc2)c1.Cl. The van der Waals surface area contributed by atoms with Crippen molar-refractivity contribution in [1.29, 1.82) is 0 Å². The van der Waals surface area contributed by atoms with Gasteiger partial charge in [0.25, 0.3) is 0 Å². The fraction of sp³-hybridized carbons (Fsp3) is 0.409. The van der Waals surface area contributed by atoms with E-state index in [0.29, 0.717) is 11.7 Å². The molecule has 0 aromatic heterocycles. The number of benzene rings is 2. The standard InChI is InChI=1S/C22H30N2O3.ClH/c1-15(2)13-20(17-9-7-6-8-10-17)24-22(25)23-16(3)19-14-18(26-4)11-12-21(19)27-5;/h6-12,14-16,20H,13H2,1-5H3,(H2,23,24,25);1H. The van der Waals surface area contributed by atoms with Crippen LogP contribution in [0.25, 0.3) is 0 Å². The summed E-state index contributed by atoms with van der Waals surface area (Å²) >= 11 is 0. The van der Waals surface area contributed by atoms with Crippen LogP contribution in [0, 0.1) is 5.92 Å². The van der Waals surface area contributed by atoms with E-state index in [1.165, 1.54) is 0 Å². The number of urea groups is 1. The van der Waals surface area contributed by atoms with Gasteiger partial charge in [-0.15, -0.1) is 12.4 Å². The molecule has 154 valence electrons. The van der Waals surface area contributed by atoms with E-state index < -0.39 is 0 Å². The van der Waals surface area contributed by atoms with Gasteiger partial charge in [-0.2, -0.15) is 0 Å². The van der Waals surface area contributed by atoms with Crippen LogP contribution in [0.3, 0.4) is 0 Å². The molecule has 0 radical (unpaired) electrons. The van der Waals surface area contributed by atoms with E-state index in [2.05, 4.69) is 24.5 Å². The average molecular weight is 407 g/mol. The van der Waals surface area contributed by atoms with Gasteiger partial charge in [-0.05, 0) is 43.0 Å². The van der Waals surface area contributed by atoms with Crippen molar-refractivity contribution < 1.29 is 14.3 Å². The Hall–Kier alpha value is -2.40. The summed E-state index contributed by atoms with van der Waals surface area (Å²) in [6.45, 7) is 6.23. The van der Waals surface area contributed by atoms with Crippen LogP contribution in [-0.2, 0) is 0 Å². The van der Waals surface area contributed by atoms with Crippen LogP contribution in [-0.4, -0.2) is 20.3 Å². The van der Waals surface area contributed by atoms with E-state index in [0.717, 1.165) is 23.3 Å². The molecule has 2 rings (SSSR count). The average Bonchev–Trinajstić information content (AvgIpc) is 2.67. The topological polar surface area (TPSA) is 59.6 Å². The highest BCUT2D eigenvalue weighted by Gasteiger charge is 2.19. The highest BCUT2D eigenvalue weighted by Crippen LogP contribution is 2.29. The van der Waals surface area contributed by atoms with Gasteiger partial charge in [0.1, 0.15) is 11.5 Å². The Morgan fingerprint density at radius 3 is 2.21 bits per heavy atom. The summed E-state index contributed by atoms with van der Waals surface area (Å²) in [7, 11) is 3.24. The molecular weight excluding hydrogens is 376 g/mol. The monoisotopic (exact) mass is 406 g/mol. The van der Waals surface area contributed by atoms with Crippen LogP contribution in [0.1, 0.15) is 50.4 Å². The van der Waals surface area contributed by atoms with Gasteiger partial charge in [0.15, 0.2) is 0 Å². The Bertz CT molecular complexity index is 738. The van der Waals surface area contributed by atoms with Crippen LogP contribution in [0.15, 0.2) is 48.5 Å². The number of nitrogens with one attached hydrogen (secondary N) is 2. The zero-order chi connectivity index (χ0) is 19.8. The number of methoxy groups -OCH3 is 2. The lowest BCUT2D eigenvalue weighted by molar-refractivity contribution is 0.232. The van der Waals surface area contributed by atoms with E-state index in [1.807, 2.05) is 55.5 Å². The Balaban J connectivity index is 0.00000392. The molecule has 0 aliphatic carbocycles. The smallest absolute Gasteiger partial charge is 0.315 e. The molecule has 2 atom stereocenters. The fourth-order valence-corrected chi connectivity index (χ4v) is 3.09. The molecule has 5 nitrogen and oxygen atoms in total. The van der Waals surface area contributed by atoms with E-state index in [9.17, 15) is 4.79 Å². The highest BCUT2D eigenvalue weighted by atomic mass is 35.5. The van der Waals surface area contributed by atoms with Crippen LogP contribution < -0.4 is 20.1 Å². The highest BCUT2D eigenvalue weighted by molar-refractivity contribution is 5.85. The van der Waals surface area contributed by atoms with Crippen LogP contribution >= 0.6 is 12.4 Å². The van der Waals surface area contributed by atoms with Gasteiger partial charge in [0.2, 0.25) is 0 Å². The Morgan fingerprint density at radius 1 is 0.964 bits per heavy atom. The molecule has 0 saturated heterocycles. The molecule has 6 heteroatoms. The third-order valence-corrected chi connectivity index (χ3v) is 4.47. The summed E-state index contributed by atoms with van der Waals surface area (Å²) in [4.78, 5) is 12.7. The third kappa shape index (κ3) is 6.64. The number of rotatable bonds is 8. The van der Waals surface area contributed by atoms with Crippen molar-refractivity contribution in [1.82, 2.24) is 10.6 Å². The summed E-state index contributed by atoms with van der Waals surface area (Å²) in [5.41, 5.74) is 1.97. The number of ether oxygens (including phenoxy) is 2. The van der Waals surface area contributed by atoms with Gasteiger partial charge in [0.05, 0.1) is 26.3 Å². The summed E-state index contributed by atoms with van der Waals surface area (Å²) in [6.07, 6.45) is 0.869. The Morgan fingerprint density at radius 2 is 1.64 bits per heavy atom. The molecular formula is C22H31ClN2O3. The predicted octanol–water partition coefficient (Wildman–Crippen LogP) is 5.27. The predicted molar refractivity (Wildman–Crippen MR) is 116 cm³/mol. The number of halogens is 1. The van der Waals surface area contributed by atoms with Crippen molar-refractivity contribution >= 4 is 18.4 Å². The van der Waals surface area contributed by atoms with E-state index in [1.54, 1.807) is 14.2 Å². The minimum Gasteiger partial charge on any atom is -0.497 e. The molecule has 0 bridgehead atoms. The lowest BCUT2D eigenvalue weighted by Crippen LogP contribution is -2.39. The second kappa shape index (κ2) is 11.4. The number of carbonyl (C=O) groups is 1. The molecule has 0 fully saturated rings. The maximum Gasteiger partial charge on any atom is 0.315 e. The quantitative estimate of drug-likeness (QED) is 0.627. The van der Waals surface area contributed by atoms with Crippen molar-refractivity contribution in [3.63, 3.8) is 0 Å². The molecule has 0 spiro atoms. The van der Waals surface area contributed by atoms with Crippen LogP contribution in [0.2, 0.25) is 0 Å². The van der Waals surface area contributed by atoms with Gasteiger partial charge in [-0.25, -0.2) is 4.79 Å². The molecule has 0 heterocycles. The van der Waals surface area contributed by atoms with Gasteiger partial charge in [-0.3, -0.25) is 0 Å². The molecule has 2 amide bonds. The zero-order valence-electron chi connectivity index (χ0n) is 17.2. The fourth-order valence-electron chi connectivity index (χ4n) is 3.09. The van der Waals surface area contributed by atoms with Gasteiger partial charge < -0.3 is 20.1 Å². The summed E-state index contributed by atoms with van der Waals surface area (Å²) < 4.78 is 10.7. The molecule has 2 unspecified atom stereocenters.